The van der Waals surface area contributed by atoms with E-state index >= 15 is 0 Å². The van der Waals surface area contributed by atoms with Crippen LogP contribution in [0.2, 0.25) is 0 Å². The Balaban J connectivity index is 1.51. The van der Waals surface area contributed by atoms with E-state index in [2.05, 4.69) is 41.0 Å². The fourth-order valence-corrected chi connectivity index (χ4v) is 3.62. The van der Waals surface area contributed by atoms with Crippen LogP contribution in [0.15, 0.2) is 24.3 Å². The zero-order valence-corrected chi connectivity index (χ0v) is 11.9. The van der Waals surface area contributed by atoms with Crippen LogP contribution >= 0.6 is 0 Å². The van der Waals surface area contributed by atoms with E-state index in [-0.39, 0.29) is 0 Å². The molecular weight excluding hydrogens is 234 g/mol. The molecule has 2 saturated heterocycles. The van der Waals surface area contributed by atoms with E-state index in [4.69, 9.17) is 5.73 Å². The van der Waals surface area contributed by atoms with Crippen LogP contribution in [-0.4, -0.2) is 49.1 Å². The maximum Gasteiger partial charge on any atom is 0.0233 e. The van der Waals surface area contributed by atoms with Crippen molar-refractivity contribution in [3.8, 4) is 0 Å². The lowest BCUT2D eigenvalue weighted by Gasteiger charge is -2.48. The second-order valence-corrected chi connectivity index (χ2v) is 6.45. The predicted octanol–water partition coefficient (Wildman–Crippen LogP) is 1.46. The fraction of sp³-hybridized carbons (Fsp3) is 0.625. The summed E-state index contributed by atoms with van der Waals surface area (Å²) in [5.74, 6) is 0. The summed E-state index contributed by atoms with van der Waals surface area (Å²) in [6.45, 7) is 10.2. The van der Waals surface area contributed by atoms with E-state index in [1.807, 2.05) is 0 Å². The number of benzene rings is 1. The van der Waals surface area contributed by atoms with Gasteiger partial charge in [-0.25, -0.2) is 0 Å². The molecule has 2 aliphatic rings. The largest absolute Gasteiger partial charge is 0.329 e. The highest BCUT2D eigenvalue weighted by molar-refractivity contribution is 5.21. The fourth-order valence-electron chi connectivity index (χ4n) is 3.62. The SMILES string of the molecule is Cc1ccc(CN2CCC3(C2)CN(CCN)C3)cc1. The summed E-state index contributed by atoms with van der Waals surface area (Å²) in [4.78, 5) is 5.11. The Morgan fingerprint density at radius 3 is 2.47 bits per heavy atom. The number of aryl methyl sites for hydroxylation is 1. The zero-order valence-electron chi connectivity index (χ0n) is 11.9. The van der Waals surface area contributed by atoms with Crippen LogP contribution in [0.4, 0.5) is 0 Å². The highest BCUT2D eigenvalue weighted by Crippen LogP contribution is 2.39. The van der Waals surface area contributed by atoms with Gasteiger partial charge in [0.1, 0.15) is 0 Å². The minimum Gasteiger partial charge on any atom is -0.329 e. The third-order valence-corrected chi connectivity index (χ3v) is 4.61. The molecule has 1 spiro atoms. The lowest BCUT2D eigenvalue weighted by Crippen LogP contribution is -2.58. The molecular formula is C16H25N3. The second kappa shape index (κ2) is 5.23. The normalized spacial score (nSPS) is 22.8. The van der Waals surface area contributed by atoms with Gasteiger partial charge in [-0.1, -0.05) is 29.8 Å². The molecule has 2 aliphatic heterocycles. The van der Waals surface area contributed by atoms with Gasteiger partial charge >= 0.3 is 0 Å². The summed E-state index contributed by atoms with van der Waals surface area (Å²) < 4.78 is 0. The Hall–Kier alpha value is -0.900. The number of hydrogen-bond donors (Lipinski definition) is 1. The molecule has 0 saturated carbocycles. The molecule has 2 heterocycles. The maximum atomic E-state index is 5.62. The summed E-state index contributed by atoms with van der Waals surface area (Å²) in [5, 5.41) is 0. The summed E-state index contributed by atoms with van der Waals surface area (Å²) in [5.41, 5.74) is 8.99. The smallest absolute Gasteiger partial charge is 0.0233 e. The van der Waals surface area contributed by atoms with Gasteiger partial charge in [-0.2, -0.15) is 0 Å². The van der Waals surface area contributed by atoms with E-state index in [9.17, 15) is 0 Å². The van der Waals surface area contributed by atoms with Crippen molar-refractivity contribution in [2.75, 3.05) is 39.3 Å². The van der Waals surface area contributed by atoms with E-state index in [0.717, 1.165) is 19.6 Å². The zero-order chi connectivity index (χ0) is 13.3. The molecule has 2 N–H and O–H groups in total. The van der Waals surface area contributed by atoms with Gasteiger partial charge in [0.2, 0.25) is 0 Å². The van der Waals surface area contributed by atoms with Crippen molar-refractivity contribution in [1.82, 2.24) is 9.80 Å². The molecule has 104 valence electrons. The van der Waals surface area contributed by atoms with Gasteiger partial charge in [-0.15, -0.1) is 0 Å². The standard InChI is InChI=1S/C16H25N3/c1-14-2-4-15(5-3-14)10-18-8-6-16(11-18)12-19(13-16)9-7-17/h2-5H,6-13,17H2,1H3. The minimum atomic E-state index is 0.583. The highest BCUT2D eigenvalue weighted by atomic mass is 15.3. The molecule has 0 atom stereocenters. The summed E-state index contributed by atoms with van der Waals surface area (Å²) >= 11 is 0. The second-order valence-electron chi connectivity index (χ2n) is 6.45. The first-order valence-electron chi connectivity index (χ1n) is 7.39. The van der Waals surface area contributed by atoms with Crippen molar-refractivity contribution < 1.29 is 0 Å². The van der Waals surface area contributed by atoms with E-state index in [1.54, 1.807) is 0 Å². The molecule has 0 aromatic heterocycles. The highest BCUT2D eigenvalue weighted by Gasteiger charge is 2.46. The Bertz CT molecular complexity index is 420. The van der Waals surface area contributed by atoms with Crippen LogP contribution in [0.1, 0.15) is 17.5 Å². The first-order valence-corrected chi connectivity index (χ1v) is 7.39. The lowest BCUT2D eigenvalue weighted by atomic mass is 9.79. The molecule has 1 aromatic carbocycles. The average molecular weight is 259 g/mol. The van der Waals surface area contributed by atoms with Crippen molar-refractivity contribution in [3.05, 3.63) is 35.4 Å². The Morgan fingerprint density at radius 2 is 1.79 bits per heavy atom. The van der Waals surface area contributed by atoms with Gasteiger partial charge in [0.15, 0.2) is 0 Å². The first-order chi connectivity index (χ1) is 9.19. The van der Waals surface area contributed by atoms with E-state index in [0.29, 0.717) is 5.41 Å². The topological polar surface area (TPSA) is 32.5 Å². The molecule has 19 heavy (non-hydrogen) atoms. The summed E-state index contributed by atoms with van der Waals surface area (Å²) in [6.07, 6.45) is 1.36. The Morgan fingerprint density at radius 1 is 1.11 bits per heavy atom. The lowest BCUT2D eigenvalue weighted by molar-refractivity contribution is 0.0106. The van der Waals surface area contributed by atoms with Crippen LogP contribution in [-0.2, 0) is 6.54 Å². The molecule has 3 heteroatoms. The summed E-state index contributed by atoms with van der Waals surface area (Å²) in [7, 11) is 0. The number of likely N-dealkylation sites (tertiary alicyclic amines) is 2. The minimum absolute atomic E-state index is 0.583. The maximum absolute atomic E-state index is 5.62. The molecule has 0 radical (unpaired) electrons. The van der Waals surface area contributed by atoms with Gasteiger partial charge in [-0.05, 0) is 25.5 Å². The molecule has 0 aliphatic carbocycles. The number of rotatable bonds is 4. The number of nitrogens with two attached hydrogens (primary N) is 1. The molecule has 1 aromatic rings. The van der Waals surface area contributed by atoms with Crippen molar-refractivity contribution in [2.24, 2.45) is 11.1 Å². The van der Waals surface area contributed by atoms with Gasteiger partial charge in [-0.3, -0.25) is 4.90 Å². The van der Waals surface area contributed by atoms with E-state index < -0.39 is 0 Å². The molecule has 0 amide bonds. The van der Waals surface area contributed by atoms with Crippen molar-refractivity contribution in [2.45, 2.75) is 19.9 Å². The molecule has 0 bridgehead atoms. The van der Waals surface area contributed by atoms with Crippen molar-refractivity contribution >= 4 is 0 Å². The van der Waals surface area contributed by atoms with Crippen molar-refractivity contribution in [1.29, 1.82) is 0 Å². The third kappa shape index (κ3) is 2.83. The van der Waals surface area contributed by atoms with Crippen molar-refractivity contribution in [3.63, 3.8) is 0 Å². The van der Waals surface area contributed by atoms with Crippen LogP contribution in [0.3, 0.4) is 0 Å². The van der Waals surface area contributed by atoms with Crippen LogP contribution < -0.4 is 5.73 Å². The molecule has 2 fully saturated rings. The Kier molecular flexibility index (Phi) is 3.61. The van der Waals surface area contributed by atoms with Crippen LogP contribution in [0.25, 0.3) is 0 Å². The molecule has 3 rings (SSSR count). The average Bonchev–Trinajstić information content (AvgIpc) is 2.76. The Labute approximate surface area is 116 Å². The quantitative estimate of drug-likeness (QED) is 0.888. The van der Waals surface area contributed by atoms with E-state index in [1.165, 1.54) is 43.7 Å². The van der Waals surface area contributed by atoms with Gasteiger partial charge in [0.05, 0.1) is 0 Å². The predicted molar refractivity (Wildman–Crippen MR) is 79.0 cm³/mol. The molecule has 0 unspecified atom stereocenters. The summed E-state index contributed by atoms with van der Waals surface area (Å²) in [6, 6.07) is 8.96. The third-order valence-electron chi connectivity index (χ3n) is 4.61. The first kappa shape index (κ1) is 13.1. The van der Waals surface area contributed by atoms with Gasteiger partial charge in [0, 0.05) is 44.7 Å². The number of hydrogen-bond acceptors (Lipinski definition) is 3. The monoisotopic (exact) mass is 259 g/mol. The van der Waals surface area contributed by atoms with Crippen LogP contribution in [0, 0.1) is 12.3 Å². The van der Waals surface area contributed by atoms with Gasteiger partial charge < -0.3 is 10.6 Å². The number of nitrogens with zero attached hydrogens (tertiary/aromatic N) is 2. The van der Waals surface area contributed by atoms with Gasteiger partial charge in [0.25, 0.3) is 0 Å². The van der Waals surface area contributed by atoms with Crippen LogP contribution in [0.5, 0.6) is 0 Å². The molecule has 3 nitrogen and oxygen atoms in total.